The van der Waals surface area contributed by atoms with Crippen molar-refractivity contribution in [3.8, 4) is 0 Å². The lowest BCUT2D eigenvalue weighted by molar-refractivity contribution is -0.134. The van der Waals surface area contributed by atoms with E-state index in [1.54, 1.807) is 6.07 Å². The molecule has 1 N–H and O–H groups in total. The second kappa shape index (κ2) is 7.81. The van der Waals surface area contributed by atoms with Gasteiger partial charge >= 0.3 is 0 Å². The topological polar surface area (TPSA) is 58.1 Å². The van der Waals surface area contributed by atoms with Crippen molar-refractivity contribution in [2.24, 2.45) is 11.8 Å². The first kappa shape index (κ1) is 18.8. The maximum atomic E-state index is 14.2. The Hall–Kier alpha value is -2.57. The van der Waals surface area contributed by atoms with Crippen molar-refractivity contribution < 1.29 is 13.6 Å². The van der Waals surface area contributed by atoms with Crippen molar-refractivity contribution in [3.63, 3.8) is 0 Å². The predicted octanol–water partition coefficient (Wildman–Crippen LogP) is 3.52. The molecular weight excluding hydrogens is 362 g/mol. The van der Waals surface area contributed by atoms with Crippen LogP contribution in [-0.4, -0.2) is 40.4 Å². The molecule has 5 nitrogen and oxygen atoms in total. The number of aryl methyl sites for hydroxylation is 1. The van der Waals surface area contributed by atoms with Crippen molar-refractivity contribution >= 4 is 11.9 Å². The highest BCUT2D eigenvalue weighted by molar-refractivity contribution is 5.83. The monoisotopic (exact) mass is 386 g/mol. The Morgan fingerprint density at radius 2 is 1.93 bits per heavy atom. The minimum Gasteiger partial charge on any atom is -0.354 e. The van der Waals surface area contributed by atoms with E-state index >= 15 is 0 Å². The van der Waals surface area contributed by atoms with E-state index in [0.717, 1.165) is 50.3 Å². The molecule has 0 spiro atoms. The van der Waals surface area contributed by atoms with Crippen molar-refractivity contribution in [1.29, 1.82) is 0 Å². The van der Waals surface area contributed by atoms with Gasteiger partial charge in [0.25, 0.3) is 0 Å². The number of aromatic nitrogens is 2. The fourth-order valence-electron chi connectivity index (χ4n) is 4.13. The van der Waals surface area contributed by atoms with Crippen LogP contribution in [0.2, 0.25) is 0 Å². The number of hydrogen-bond acceptors (Lipinski definition) is 4. The lowest BCUT2D eigenvalue weighted by Crippen LogP contribution is -2.41. The summed E-state index contributed by atoms with van der Waals surface area (Å²) in [6.07, 6.45) is 4.82. The van der Waals surface area contributed by atoms with Crippen LogP contribution in [0.3, 0.4) is 0 Å². The summed E-state index contributed by atoms with van der Waals surface area (Å²) >= 11 is 0. The number of hydrogen-bond donors (Lipinski definition) is 1. The van der Waals surface area contributed by atoms with Gasteiger partial charge in [0.2, 0.25) is 11.9 Å². The number of piperidine rings is 1. The molecule has 2 aromatic rings. The van der Waals surface area contributed by atoms with Gasteiger partial charge in [-0.25, -0.2) is 18.7 Å². The number of nitrogens with one attached hydrogen (secondary N) is 1. The third-order valence-electron chi connectivity index (χ3n) is 5.84. The standard InChI is InChI=1S/C21H24F2N4O/c1-13-3-2-4-18(23)19(13)16-9-17(16)20(28)27-7-5-14(6-8-27)10-24-21-25-11-15(22)12-26-21/h2-4,11-12,14,16-17H,5-10H2,1H3,(H,24,25,26)/t16-,17-/m0/s1. The van der Waals surface area contributed by atoms with Crippen molar-refractivity contribution in [2.75, 3.05) is 25.0 Å². The summed E-state index contributed by atoms with van der Waals surface area (Å²) in [6, 6.07) is 5.09. The molecule has 28 heavy (non-hydrogen) atoms. The molecule has 2 fully saturated rings. The summed E-state index contributed by atoms with van der Waals surface area (Å²) in [5, 5.41) is 3.13. The van der Waals surface area contributed by atoms with Crippen LogP contribution < -0.4 is 5.32 Å². The van der Waals surface area contributed by atoms with E-state index in [4.69, 9.17) is 0 Å². The van der Waals surface area contributed by atoms with Gasteiger partial charge in [0, 0.05) is 25.6 Å². The summed E-state index contributed by atoms with van der Waals surface area (Å²) < 4.78 is 27.0. The first-order valence-corrected chi connectivity index (χ1v) is 9.78. The summed E-state index contributed by atoms with van der Waals surface area (Å²) in [4.78, 5) is 22.5. The van der Waals surface area contributed by atoms with Crippen LogP contribution in [0.25, 0.3) is 0 Å². The van der Waals surface area contributed by atoms with E-state index in [1.807, 2.05) is 17.9 Å². The van der Waals surface area contributed by atoms with Crippen LogP contribution in [0, 0.1) is 30.4 Å². The lowest BCUT2D eigenvalue weighted by atomic mass is 9.96. The Morgan fingerprint density at radius 3 is 2.61 bits per heavy atom. The highest BCUT2D eigenvalue weighted by atomic mass is 19.1. The third kappa shape index (κ3) is 3.98. The highest BCUT2D eigenvalue weighted by Crippen LogP contribution is 2.50. The van der Waals surface area contributed by atoms with Gasteiger partial charge in [0.1, 0.15) is 5.82 Å². The van der Waals surface area contributed by atoms with Crippen LogP contribution in [-0.2, 0) is 4.79 Å². The zero-order valence-corrected chi connectivity index (χ0v) is 15.9. The number of amides is 1. The molecule has 0 radical (unpaired) electrons. The fourth-order valence-corrected chi connectivity index (χ4v) is 4.13. The molecule has 4 rings (SSSR count). The van der Waals surface area contributed by atoms with Crippen molar-refractivity contribution in [3.05, 3.63) is 53.4 Å². The molecule has 1 aromatic heterocycles. The van der Waals surface area contributed by atoms with Gasteiger partial charge in [-0.2, -0.15) is 0 Å². The Morgan fingerprint density at radius 1 is 1.21 bits per heavy atom. The molecule has 7 heteroatoms. The minimum absolute atomic E-state index is 0.0173. The smallest absolute Gasteiger partial charge is 0.226 e. The van der Waals surface area contributed by atoms with E-state index in [-0.39, 0.29) is 23.6 Å². The summed E-state index contributed by atoms with van der Waals surface area (Å²) in [6.45, 7) is 4.04. The zero-order chi connectivity index (χ0) is 19.7. The number of benzene rings is 1. The number of carbonyl (C=O) groups excluding carboxylic acids is 1. The van der Waals surface area contributed by atoms with Gasteiger partial charge in [-0.1, -0.05) is 12.1 Å². The Kier molecular flexibility index (Phi) is 5.24. The summed E-state index contributed by atoms with van der Waals surface area (Å²) in [5.41, 5.74) is 1.63. The molecule has 2 atom stereocenters. The number of likely N-dealkylation sites (tertiary alicyclic amines) is 1. The van der Waals surface area contributed by atoms with E-state index in [0.29, 0.717) is 24.0 Å². The van der Waals surface area contributed by atoms with Gasteiger partial charge in [0.15, 0.2) is 5.82 Å². The predicted molar refractivity (Wildman–Crippen MR) is 102 cm³/mol. The normalized spacial score (nSPS) is 22.2. The number of nitrogens with zero attached hydrogens (tertiary/aromatic N) is 3. The van der Waals surface area contributed by atoms with E-state index in [2.05, 4.69) is 15.3 Å². The lowest BCUT2D eigenvalue weighted by Gasteiger charge is -2.32. The minimum atomic E-state index is -0.457. The number of rotatable bonds is 5. The second-order valence-electron chi connectivity index (χ2n) is 7.79. The molecule has 1 aliphatic carbocycles. The molecule has 2 aliphatic rings. The number of carbonyl (C=O) groups is 1. The quantitative estimate of drug-likeness (QED) is 0.854. The van der Waals surface area contributed by atoms with Gasteiger partial charge in [-0.3, -0.25) is 4.79 Å². The SMILES string of the molecule is Cc1cccc(F)c1[C@H]1C[C@@H]1C(=O)N1CCC(CNc2ncc(F)cn2)CC1. The van der Waals surface area contributed by atoms with Crippen LogP contribution in [0.1, 0.15) is 36.3 Å². The maximum Gasteiger partial charge on any atom is 0.226 e. The van der Waals surface area contributed by atoms with E-state index in [1.165, 1.54) is 6.07 Å². The molecule has 148 valence electrons. The van der Waals surface area contributed by atoms with Crippen LogP contribution >= 0.6 is 0 Å². The molecule has 1 aromatic carbocycles. The Labute approximate surface area is 163 Å². The third-order valence-corrected chi connectivity index (χ3v) is 5.84. The molecular formula is C21H24F2N4O. The first-order chi connectivity index (χ1) is 13.5. The van der Waals surface area contributed by atoms with Crippen molar-refractivity contribution in [1.82, 2.24) is 14.9 Å². The number of anilines is 1. The largest absolute Gasteiger partial charge is 0.354 e. The zero-order valence-electron chi connectivity index (χ0n) is 15.9. The fraction of sp³-hybridized carbons (Fsp3) is 0.476. The molecule has 1 saturated carbocycles. The number of halogens is 2. The molecule has 1 amide bonds. The average molecular weight is 386 g/mol. The van der Waals surface area contributed by atoms with E-state index < -0.39 is 5.82 Å². The molecule has 0 bridgehead atoms. The Bertz CT molecular complexity index is 830. The van der Waals surface area contributed by atoms with Crippen molar-refractivity contribution in [2.45, 2.75) is 32.1 Å². The summed E-state index contributed by atoms with van der Waals surface area (Å²) in [7, 11) is 0. The first-order valence-electron chi connectivity index (χ1n) is 9.78. The Balaban J connectivity index is 1.26. The van der Waals surface area contributed by atoms with Gasteiger partial charge in [-0.05, 0) is 55.2 Å². The van der Waals surface area contributed by atoms with Gasteiger partial charge < -0.3 is 10.2 Å². The van der Waals surface area contributed by atoms with Crippen LogP contribution in [0.15, 0.2) is 30.6 Å². The summed E-state index contributed by atoms with van der Waals surface area (Å²) in [5.74, 6) is 0.263. The molecule has 1 aliphatic heterocycles. The van der Waals surface area contributed by atoms with E-state index in [9.17, 15) is 13.6 Å². The van der Waals surface area contributed by atoms with Gasteiger partial charge in [0.05, 0.1) is 12.4 Å². The molecule has 1 saturated heterocycles. The van der Waals surface area contributed by atoms with Gasteiger partial charge in [-0.15, -0.1) is 0 Å². The molecule has 2 heterocycles. The van der Waals surface area contributed by atoms with Crippen LogP contribution in [0.5, 0.6) is 0 Å². The van der Waals surface area contributed by atoms with Crippen LogP contribution in [0.4, 0.5) is 14.7 Å². The molecule has 0 unspecified atom stereocenters. The highest BCUT2D eigenvalue weighted by Gasteiger charge is 2.47. The maximum absolute atomic E-state index is 14.2. The average Bonchev–Trinajstić information content (AvgIpc) is 3.48. The second-order valence-corrected chi connectivity index (χ2v) is 7.79.